The van der Waals surface area contributed by atoms with E-state index in [1.54, 1.807) is 13.8 Å². The number of carbonyl (C=O) groups is 3. The molecule has 2 unspecified atom stereocenters. The van der Waals surface area contributed by atoms with Crippen molar-refractivity contribution in [3.05, 3.63) is 53.3 Å². The highest BCUT2D eigenvalue weighted by molar-refractivity contribution is 5.98. The maximum absolute atomic E-state index is 12.8. The number of hydrogen-bond donors (Lipinski definition) is 1. The van der Waals surface area contributed by atoms with E-state index in [1.807, 2.05) is 19.1 Å². The second kappa shape index (κ2) is 10.3. The number of hydrogen-bond acceptors (Lipinski definition) is 7. The summed E-state index contributed by atoms with van der Waals surface area (Å²) in [5.74, 6) is -1.58. The summed E-state index contributed by atoms with van der Waals surface area (Å²) in [6.45, 7) is 5.21. The third-order valence-corrected chi connectivity index (χ3v) is 5.58. The monoisotopic (exact) mass is 440 g/mol. The number of aryl methyl sites for hydroxylation is 1. The second-order valence-electron chi connectivity index (χ2n) is 7.72. The molecule has 2 aromatic rings. The minimum absolute atomic E-state index is 0.0620. The first-order valence-corrected chi connectivity index (χ1v) is 10.7. The fourth-order valence-electron chi connectivity index (χ4n) is 3.73. The van der Waals surface area contributed by atoms with Crippen LogP contribution in [-0.2, 0) is 20.7 Å². The third-order valence-electron chi connectivity index (χ3n) is 5.58. The van der Waals surface area contributed by atoms with Crippen molar-refractivity contribution in [2.45, 2.75) is 58.1 Å². The van der Waals surface area contributed by atoms with Crippen molar-refractivity contribution in [3.63, 3.8) is 0 Å². The Morgan fingerprint density at radius 1 is 1.22 bits per heavy atom. The quantitative estimate of drug-likeness (QED) is 0.660. The lowest BCUT2D eigenvalue weighted by Gasteiger charge is -2.31. The molecule has 3 rings (SSSR count). The Labute approximate surface area is 187 Å². The van der Waals surface area contributed by atoms with E-state index in [1.165, 1.54) is 30.5 Å². The standard InChI is InChI=1S/C24H28N2O6/c1-5-20(27)32-22-19(30-4)12-13-25-21(22)23(28)26-15(3)24(29)31-18-11-10-16-8-6-7-9-17(16)14(18)2/h6-9,12-15,18H,5,10-11H2,1-4H3,(H,26,28)/t14?,15-,18?/m0/s1. The van der Waals surface area contributed by atoms with E-state index < -0.39 is 23.9 Å². The van der Waals surface area contributed by atoms with Crippen molar-refractivity contribution >= 4 is 17.8 Å². The Morgan fingerprint density at radius 2 is 1.97 bits per heavy atom. The van der Waals surface area contributed by atoms with Gasteiger partial charge in [0.05, 0.1) is 7.11 Å². The summed E-state index contributed by atoms with van der Waals surface area (Å²) in [5, 5.41) is 2.58. The molecular weight excluding hydrogens is 412 g/mol. The van der Waals surface area contributed by atoms with Gasteiger partial charge in [-0.3, -0.25) is 9.59 Å². The number of aromatic nitrogens is 1. The molecule has 1 heterocycles. The van der Waals surface area contributed by atoms with Crippen LogP contribution in [0.5, 0.6) is 11.5 Å². The van der Waals surface area contributed by atoms with E-state index in [4.69, 9.17) is 14.2 Å². The fourth-order valence-corrected chi connectivity index (χ4v) is 3.73. The Balaban J connectivity index is 1.68. The van der Waals surface area contributed by atoms with E-state index in [2.05, 4.69) is 22.4 Å². The van der Waals surface area contributed by atoms with Crippen LogP contribution >= 0.6 is 0 Å². The Hall–Kier alpha value is -3.42. The molecule has 1 aromatic heterocycles. The Kier molecular flexibility index (Phi) is 7.45. The van der Waals surface area contributed by atoms with Crippen molar-refractivity contribution in [2.24, 2.45) is 0 Å². The first kappa shape index (κ1) is 23.2. The van der Waals surface area contributed by atoms with E-state index >= 15 is 0 Å². The van der Waals surface area contributed by atoms with Gasteiger partial charge < -0.3 is 19.5 Å². The summed E-state index contributed by atoms with van der Waals surface area (Å²) in [5.41, 5.74) is 2.30. The first-order chi connectivity index (χ1) is 15.3. The minimum Gasteiger partial charge on any atom is -0.493 e. The second-order valence-corrected chi connectivity index (χ2v) is 7.72. The van der Waals surface area contributed by atoms with Gasteiger partial charge in [-0.05, 0) is 30.9 Å². The number of rotatable bonds is 7. The Morgan fingerprint density at radius 3 is 2.69 bits per heavy atom. The molecule has 0 spiro atoms. The highest BCUT2D eigenvalue weighted by Gasteiger charge is 2.31. The smallest absolute Gasteiger partial charge is 0.328 e. The maximum atomic E-state index is 12.8. The molecule has 1 amide bonds. The van der Waals surface area contributed by atoms with Crippen LogP contribution in [0.15, 0.2) is 36.5 Å². The lowest BCUT2D eigenvalue weighted by molar-refractivity contribution is -0.152. The third kappa shape index (κ3) is 5.07. The molecule has 0 bridgehead atoms. The van der Waals surface area contributed by atoms with Crippen molar-refractivity contribution in [2.75, 3.05) is 7.11 Å². The van der Waals surface area contributed by atoms with E-state index in [0.717, 1.165) is 12.8 Å². The largest absolute Gasteiger partial charge is 0.493 e. The van der Waals surface area contributed by atoms with Gasteiger partial charge in [0.25, 0.3) is 5.91 Å². The normalized spacial score (nSPS) is 18.1. The zero-order valence-corrected chi connectivity index (χ0v) is 18.7. The summed E-state index contributed by atoms with van der Waals surface area (Å²) >= 11 is 0. The molecule has 170 valence electrons. The van der Waals surface area contributed by atoms with Crippen LogP contribution in [0.2, 0.25) is 0 Å². The molecule has 1 aliphatic rings. The van der Waals surface area contributed by atoms with Gasteiger partial charge in [0, 0.05) is 24.6 Å². The van der Waals surface area contributed by atoms with Crippen molar-refractivity contribution in [3.8, 4) is 11.5 Å². The summed E-state index contributed by atoms with van der Waals surface area (Å²) < 4.78 is 16.2. The van der Waals surface area contributed by atoms with Gasteiger partial charge in [0.2, 0.25) is 5.75 Å². The number of methoxy groups -OCH3 is 1. The summed E-state index contributed by atoms with van der Waals surface area (Å²) in [4.78, 5) is 41.3. The average Bonchev–Trinajstić information content (AvgIpc) is 2.80. The topological polar surface area (TPSA) is 104 Å². The molecule has 0 fully saturated rings. The summed E-state index contributed by atoms with van der Waals surface area (Å²) in [6.07, 6.45) is 2.76. The zero-order valence-electron chi connectivity index (χ0n) is 18.7. The van der Waals surface area contributed by atoms with Crippen LogP contribution in [0.3, 0.4) is 0 Å². The van der Waals surface area contributed by atoms with Crippen molar-refractivity contribution in [1.29, 1.82) is 0 Å². The summed E-state index contributed by atoms with van der Waals surface area (Å²) in [7, 11) is 1.39. The number of nitrogens with zero attached hydrogens (tertiary/aromatic N) is 1. The molecule has 0 aliphatic heterocycles. The highest BCUT2D eigenvalue weighted by Crippen LogP contribution is 2.33. The van der Waals surface area contributed by atoms with Crippen LogP contribution in [0.1, 0.15) is 61.1 Å². The lowest BCUT2D eigenvalue weighted by atomic mass is 9.82. The molecule has 0 radical (unpaired) electrons. The minimum atomic E-state index is -0.922. The van der Waals surface area contributed by atoms with Crippen LogP contribution in [0.4, 0.5) is 0 Å². The number of benzene rings is 1. The SMILES string of the molecule is CCC(=O)Oc1c(OC)ccnc1C(=O)N[C@@H](C)C(=O)OC1CCc2ccccc2C1C. The molecular formula is C24H28N2O6. The van der Waals surface area contributed by atoms with E-state index in [-0.39, 0.29) is 35.6 Å². The number of nitrogens with one attached hydrogen (secondary N) is 1. The van der Waals surface area contributed by atoms with E-state index in [9.17, 15) is 14.4 Å². The average molecular weight is 440 g/mol. The molecule has 32 heavy (non-hydrogen) atoms. The van der Waals surface area contributed by atoms with Gasteiger partial charge in [0.15, 0.2) is 11.4 Å². The predicted octanol–water partition coefficient (Wildman–Crippen LogP) is 3.19. The van der Waals surface area contributed by atoms with Crippen LogP contribution in [0.25, 0.3) is 0 Å². The number of ether oxygens (including phenoxy) is 3. The number of esters is 2. The molecule has 0 saturated carbocycles. The number of pyridine rings is 1. The molecule has 1 aliphatic carbocycles. The van der Waals surface area contributed by atoms with Crippen molar-refractivity contribution in [1.82, 2.24) is 10.3 Å². The van der Waals surface area contributed by atoms with Gasteiger partial charge in [-0.1, -0.05) is 38.1 Å². The van der Waals surface area contributed by atoms with Gasteiger partial charge in [-0.15, -0.1) is 0 Å². The maximum Gasteiger partial charge on any atom is 0.328 e. The fraction of sp³-hybridized carbons (Fsp3) is 0.417. The number of carbonyl (C=O) groups excluding carboxylic acids is 3. The van der Waals surface area contributed by atoms with Gasteiger partial charge in [0.1, 0.15) is 12.1 Å². The lowest BCUT2D eigenvalue weighted by Crippen LogP contribution is -2.42. The summed E-state index contributed by atoms with van der Waals surface area (Å²) in [6, 6.07) is 8.69. The predicted molar refractivity (Wildman–Crippen MR) is 117 cm³/mol. The van der Waals surface area contributed by atoms with Crippen LogP contribution in [-0.4, -0.2) is 42.1 Å². The molecule has 0 saturated heterocycles. The molecule has 1 N–H and O–H groups in total. The first-order valence-electron chi connectivity index (χ1n) is 10.7. The van der Waals surface area contributed by atoms with Gasteiger partial charge in [-0.2, -0.15) is 0 Å². The number of fused-ring (bicyclic) bond motifs is 1. The van der Waals surface area contributed by atoms with Crippen LogP contribution < -0.4 is 14.8 Å². The van der Waals surface area contributed by atoms with E-state index in [0.29, 0.717) is 0 Å². The van der Waals surface area contributed by atoms with Crippen molar-refractivity contribution < 1.29 is 28.6 Å². The Bertz CT molecular complexity index is 1010. The molecule has 8 nitrogen and oxygen atoms in total. The molecule has 1 aromatic carbocycles. The highest BCUT2D eigenvalue weighted by atomic mass is 16.6. The molecule has 8 heteroatoms. The van der Waals surface area contributed by atoms with Gasteiger partial charge in [-0.25, -0.2) is 9.78 Å². The number of amides is 1. The van der Waals surface area contributed by atoms with Crippen LogP contribution in [0, 0.1) is 0 Å². The van der Waals surface area contributed by atoms with Gasteiger partial charge >= 0.3 is 11.9 Å². The molecule has 3 atom stereocenters. The zero-order chi connectivity index (χ0) is 23.3.